The van der Waals surface area contributed by atoms with Crippen molar-refractivity contribution in [1.29, 1.82) is 0 Å². The van der Waals surface area contributed by atoms with Crippen LogP contribution in [0.5, 0.6) is 0 Å². The van der Waals surface area contributed by atoms with Gasteiger partial charge in [-0.1, -0.05) is 42.5 Å². The van der Waals surface area contributed by atoms with Gasteiger partial charge in [0.2, 0.25) is 10.0 Å². The number of anilines is 1. The first-order chi connectivity index (χ1) is 14.0. The summed E-state index contributed by atoms with van der Waals surface area (Å²) in [6, 6.07) is 15.5. The van der Waals surface area contributed by atoms with E-state index in [2.05, 4.69) is 9.74 Å². The summed E-state index contributed by atoms with van der Waals surface area (Å²) in [5.74, 6) is -0.319. The van der Waals surface area contributed by atoms with Crippen LogP contribution in [-0.2, 0) is 27.7 Å². The minimum atomic E-state index is -3.75. The highest BCUT2D eigenvalue weighted by Crippen LogP contribution is 2.34. The van der Waals surface area contributed by atoms with Gasteiger partial charge in [-0.2, -0.15) is 0 Å². The molecule has 1 atom stereocenters. The van der Waals surface area contributed by atoms with Gasteiger partial charge >= 0.3 is 6.09 Å². The van der Waals surface area contributed by atoms with E-state index in [1.807, 2.05) is 42.5 Å². The lowest BCUT2D eigenvalue weighted by atomic mass is 9.93. The number of carbonyl (C=O) groups excluding carboxylic acids is 1. The molecule has 0 radical (unpaired) electrons. The molecule has 1 unspecified atom stereocenters. The maximum Gasteiger partial charge on any atom is 0.423 e. The van der Waals surface area contributed by atoms with Crippen molar-refractivity contribution in [2.75, 3.05) is 30.3 Å². The molecule has 29 heavy (non-hydrogen) atoms. The van der Waals surface area contributed by atoms with Gasteiger partial charge in [0.25, 0.3) is 0 Å². The van der Waals surface area contributed by atoms with Crippen molar-refractivity contribution >= 4 is 27.5 Å². The predicted molar refractivity (Wildman–Crippen MR) is 109 cm³/mol. The highest BCUT2D eigenvalue weighted by molar-refractivity contribution is 7.89. The first-order valence-electron chi connectivity index (χ1n) is 9.43. The van der Waals surface area contributed by atoms with Crippen molar-refractivity contribution in [2.45, 2.75) is 13.0 Å². The summed E-state index contributed by atoms with van der Waals surface area (Å²) in [6.45, 7) is 8.65. The zero-order valence-electron chi connectivity index (χ0n) is 15.8. The second-order valence-corrected chi connectivity index (χ2v) is 9.26. The Bertz CT molecular complexity index is 1060. The van der Waals surface area contributed by atoms with Crippen molar-refractivity contribution < 1.29 is 17.9 Å². The standard InChI is InChI=1S/C21H21N3O4S/c1-22-19-7-8-20-18(12-19)11-17(14-23(20)13-16-5-3-2-4-6-16)15-29(26,27)24-9-10-28-21(24)25/h2-8,12,17H,9-11,13-15H2. The van der Waals surface area contributed by atoms with Gasteiger partial charge in [-0.15, -0.1) is 0 Å². The summed E-state index contributed by atoms with van der Waals surface area (Å²) < 4.78 is 31.2. The molecule has 2 aliphatic rings. The molecule has 1 saturated heterocycles. The molecule has 2 aromatic carbocycles. The topological polar surface area (TPSA) is 71.3 Å². The first-order valence-corrected chi connectivity index (χ1v) is 11.0. The number of hydrogen-bond donors (Lipinski definition) is 0. The second-order valence-electron chi connectivity index (χ2n) is 7.33. The molecule has 4 rings (SSSR count). The van der Waals surface area contributed by atoms with Crippen LogP contribution in [0.3, 0.4) is 0 Å². The molecule has 0 aromatic heterocycles. The Morgan fingerprint density at radius 3 is 2.66 bits per heavy atom. The van der Waals surface area contributed by atoms with E-state index in [1.165, 1.54) is 0 Å². The van der Waals surface area contributed by atoms with E-state index in [9.17, 15) is 13.2 Å². The van der Waals surface area contributed by atoms with E-state index >= 15 is 0 Å². The molecule has 150 valence electrons. The molecular formula is C21H21N3O4S. The van der Waals surface area contributed by atoms with Crippen LogP contribution in [0.2, 0.25) is 0 Å². The lowest BCUT2D eigenvalue weighted by Crippen LogP contribution is -2.42. The minimum Gasteiger partial charge on any atom is -0.447 e. The van der Waals surface area contributed by atoms with E-state index in [-0.39, 0.29) is 24.8 Å². The van der Waals surface area contributed by atoms with Crippen LogP contribution in [0, 0.1) is 12.5 Å². The van der Waals surface area contributed by atoms with Gasteiger partial charge < -0.3 is 9.64 Å². The Morgan fingerprint density at radius 1 is 1.17 bits per heavy atom. The molecule has 7 nitrogen and oxygen atoms in total. The Hall–Kier alpha value is -3.05. The van der Waals surface area contributed by atoms with Gasteiger partial charge in [0.15, 0.2) is 5.69 Å². The van der Waals surface area contributed by atoms with Crippen molar-refractivity contribution in [3.8, 4) is 0 Å². The number of sulfonamides is 1. The summed E-state index contributed by atoms with van der Waals surface area (Å²) in [6.07, 6.45) is -0.246. The maximum absolute atomic E-state index is 12.8. The van der Waals surface area contributed by atoms with Crippen molar-refractivity contribution in [3.63, 3.8) is 0 Å². The summed E-state index contributed by atoms with van der Waals surface area (Å²) in [5.41, 5.74) is 3.65. The molecular weight excluding hydrogens is 390 g/mol. The molecule has 0 aliphatic carbocycles. The van der Waals surface area contributed by atoms with E-state index in [1.54, 1.807) is 6.07 Å². The zero-order valence-corrected chi connectivity index (χ0v) is 16.6. The van der Waals surface area contributed by atoms with Gasteiger partial charge in [0.05, 0.1) is 18.9 Å². The maximum atomic E-state index is 12.8. The number of benzene rings is 2. The van der Waals surface area contributed by atoms with Gasteiger partial charge in [-0.25, -0.2) is 22.4 Å². The molecule has 0 N–H and O–H groups in total. The smallest absolute Gasteiger partial charge is 0.423 e. The van der Waals surface area contributed by atoms with Crippen molar-refractivity contribution in [1.82, 2.24) is 4.31 Å². The molecule has 0 spiro atoms. The number of amides is 1. The quantitative estimate of drug-likeness (QED) is 0.707. The van der Waals surface area contributed by atoms with Crippen LogP contribution in [-0.4, -0.2) is 44.3 Å². The molecule has 8 heteroatoms. The SMILES string of the molecule is [C-]#[N+]c1ccc2c(c1)CC(CS(=O)(=O)N1CCOC1=O)CN2Cc1ccccc1. The predicted octanol–water partition coefficient (Wildman–Crippen LogP) is 3.20. The van der Waals surface area contributed by atoms with E-state index in [0.29, 0.717) is 25.2 Å². The van der Waals surface area contributed by atoms with Crippen LogP contribution in [0.15, 0.2) is 48.5 Å². The number of rotatable bonds is 5. The Balaban J connectivity index is 1.61. The van der Waals surface area contributed by atoms with Crippen molar-refractivity contribution in [3.05, 3.63) is 71.1 Å². The Kier molecular flexibility index (Phi) is 5.16. The third-order valence-corrected chi connectivity index (χ3v) is 7.14. The third-order valence-electron chi connectivity index (χ3n) is 5.24. The summed E-state index contributed by atoms with van der Waals surface area (Å²) in [7, 11) is -3.75. The average molecular weight is 411 g/mol. The summed E-state index contributed by atoms with van der Waals surface area (Å²) >= 11 is 0. The van der Waals surface area contributed by atoms with Gasteiger partial charge in [0.1, 0.15) is 6.61 Å². The lowest BCUT2D eigenvalue weighted by molar-refractivity contribution is 0.170. The number of carbonyl (C=O) groups is 1. The fraction of sp³-hybridized carbons (Fsp3) is 0.333. The average Bonchev–Trinajstić information content (AvgIpc) is 3.15. The second kappa shape index (κ2) is 7.76. The third kappa shape index (κ3) is 4.05. The van der Waals surface area contributed by atoms with E-state index in [0.717, 1.165) is 21.1 Å². The molecule has 0 bridgehead atoms. The number of ether oxygens (including phenoxy) is 1. The molecule has 2 heterocycles. The number of hydrogen-bond acceptors (Lipinski definition) is 5. The van der Waals surface area contributed by atoms with Crippen LogP contribution < -0.4 is 4.90 Å². The first kappa shape index (κ1) is 19.3. The Labute approximate surface area is 170 Å². The monoisotopic (exact) mass is 411 g/mol. The Morgan fingerprint density at radius 2 is 1.97 bits per heavy atom. The van der Waals surface area contributed by atoms with Crippen LogP contribution in [0.1, 0.15) is 11.1 Å². The zero-order chi connectivity index (χ0) is 20.4. The molecule has 1 amide bonds. The molecule has 2 aromatic rings. The van der Waals surface area contributed by atoms with Gasteiger partial charge in [-0.3, -0.25) is 0 Å². The molecule has 0 saturated carbocycles. The lowest BCUT2D eigenvalue weighted by Gasteiger charge is -2.36. The van der Waals surface area contributed by atoms with Crippen LogP contribution in [0.4, 0.5) is 16.2 Å². The van der Waals surface area contributed by atoms with Crippen molar-refractivity contribution in [2.24, 2.45) is 5.92 Å². The normalized spacial score (nSPS) is 18.9. The van der Waals surface area contributed by atoms with Crippen LogP contribution >= 0.6 is 0 Å². The summed E-state index contributed by atoms with van der Waals surface area (Å²) in [4.78, 5) is 17.4. The number of cyclic esters (lactones) is 1. The van der Waals surface area contributed by atoms with E-state index < -0.39 is 16.1 Å². The fourth-order valence-corrected chi connectivity index (χ4v) is 5.62. The largest absolute Gasteiger partial charge is 0.447 e. The number of nitrogens with zero attached hydrogens (tertiary/aromatic N) is 3. The van der Waals surface area contributed by atoms with E-state index in [4.69, 9.17) is 11.3 Å². The summed E-state index contributed by atoms with van der Waals surface area (Å²) in [5, 5.41) is 0. The minimum absolute atomic E-state index is 0.0695. The van der Waals surface area contributed by atoms with Gasteiger partial charge in [0, 0.05) is 18.8 Å². The molecule has 1 fully saturated rings. The highest BCUT2D eigenvalue weighted by atomic mass is 32.2. The van der Waals surface area contributed by atoms with Gasteiger partial charge in [-0.05, 0) is 29.5 Å². The fourth-order valence-electron chi connectivity index (χ4n) is 3.98. The number of fused-ring (bicyclic) bond motifs is 1. The molecule has 2 aliphatic heterocycles. The van der Waals surface area contributed by atoms with Crippen LogP contribution in [0.25, 0.3) is 4.85 Å². The highest BCUT2D eigenvalue weighted by Gasteiger charge is 2.37.